The number of rotatable bonds is 4. The summed E-state index contributed by atoms with van der Waals surface area (Å²) in [6.07, 6.45) is 1.00. The van der Waals surface area contributed by atoms with Gasteiger partial charge in [-0.2, -0.15) is 4.99 Å². The van der Waals surface area contributed by atoms with E-state index in [9.17, 15) is 13.2 Å². The smallest absolute Gasteiger partial charge is 0.433 e. The second-order valence-corrected chi connectivity index (χ2v) is 8.52. The normalized spacial score (nSPS) is 13.0. The molecule has 0 aliphatic heterocycles. The molecule has 0 bridgehead atoms. The van der Waals surface area contributed by atoms with Crippen molar-refractivity contribution >= 4 is 21.6 Å². The number of carbonyl (C=O) groups is 1. The summed E-state index contributed by atoms with van der Waals surface area (Å²) < 4.78 is 27.2. The molecule has 0 aliphatic carbocycles. The van der Waals surface area contributed by atoms with Gasteiger partial charge in [0, 0.05) is 11.7 Å². The van der Waals surface area contributed by atoms with E-state index in [0.717, 1.165) is 11.1 Å². The standard InChI is InChI=1S/C16H23NO4S/c1-16(2,3)14(17-15(18)21-4)13-8-6-7-12(11-13)9-10-22(5,19)20/h6-8,11H,9-10H2,1-5H3. The van der Waals surface area contributed by atoms with Crippen molar-refractivity contribution in [3.63, 3.8) is 0 Å². The zero-order valence-corrected chi connectivity index (χ0v) is 14.5. The molecule has 122 valence electrons. The van der Waals surface area contributed by atoms with Gasteiger partial charge in [-0.15, -0.1) is 0 Å². The second kappa shape index (κ2) is 7.05. The van der Waals surface area contributed by atoms with Crippen molar-refractivity contribution in [3.8, 4) is 0 Å². The molecule has 0 aliphatic rings. The minimum Gasteiger partial charge on any atom is -0.451 e. The molecule has 1 rings (SSSR count). The van der Waals surface area contributed by atoms with Crippen LogP contribution in [0.5, 0.6) is 0 Å². The van der Waals surface area contributed by atoms with Gasteiger partial charge in [0.2, 0.25) is 0 Å². The number of aliphatic imine (C=N–C) groups is 1. The first-order valence-electron chi connectivity index (χ1n) is 6.97. The predicted molar refractivity (Wildman–Crippen MR) is 88.3 cm³/mol. The van der Waals surface area contributed by atoms with Crippen molar-refractivity contribution in [2.45, 2.75) is 27.2 Å². The Morgan fingerprint density at radius 2 is 1.91 bits per heavy atom. The summed E-state index contributed by atoms with van der Waals surface area (Å²) in [5.74, 6) is 0.0927. The molecule has 0 fully saturated rings. The monoisotopic (exact) mass is 325 g/mol. The summed E-state index contributed by atoms with van der Waals surface area (Å²) >= 11 is 0. The average Bonchev–Trinajstić information content (AvgIpc) is 2.40. The summed E-state index contributed by atoms with van der Waals surface area (Å²) in [4.78, 5) is 15.5. The zero-order chi connectivity index (χ0) is 17.0. The molecule has 6 heteroatoms. The van der Waals surface area contributed by atoms with E-state index in [1.165, 1.54) is 13.4 Å². The number of benzene rings is 1. The zero-order valence-electron chi connectivity index (χ0n) is 13.7. The van der Waals surface area contributed by atoms with Gasteiger partial charge >= 0.3 is 6.09 Å². The van der Waals surface area contributed by atoms with Gasteiger partial charge in [-0.3, -0.25) is 0 Å². The first kappa shape index (κ1) is 18.4. The number of carbonyl (C=O) groups excluding carboxylic acids is 1. The van der Waals surface area contributed by atoms with E-state index in [1.54, 1.807) is 0 Å². The number of hydrogen-bond acceptors (Lipinski definition) is 4. The fourth-order valence-electron chi connectivity index (χ4n) is 1.98. The van der Waals surface area contributed by atoms with Gasteiger partial charge in [0.05, 0.1) is 18.6 Å². The van der Waals surface area contributed by atoms with Crippen molar-refractivity contribution in [1.82, 2.24) is 0 Å². The van der Waals surface area contributed by atoms with E-state index >= 15 is 0 Å². The lowest BCUT2D eigenvalue weighted by atomic mass is 9.85. The fraction of sp³-hybridized carbons (Fsp3) is 0.500. The number of aryl methyl sites for hydroxylation is 1. The summed E-state index contributed by atoms with van der Waals surface area (Å²) in [6.45, 7) is 5.87. The Labute approximate surface area is 132 Å². The van der Waals surface area contributed by atoms with Gasteiger partial charge < -0.3 is 4.74 Å². The molecule has 0 saturated heterocycles. The van der Waals surface area contributed by atoms with Gasteiger partial charge in [0.1, 0.15) is 9.84 Å². The van der Waals surface area contributed by atoms with Crippen molar-refractivity contribution in [1.29, 1.82) is 0 Å². The van der Waals surface area contributed by atoms with Crippen molar-refractivity contribution in [2.75, 3.05) is 19.1 Å². The molecule has 0 saturated carbocycles. The molecular weight excluding hydrogens is 302 g/mol. The van der Waals surface area contributed by atoms with Crippen LogP contribution in [0.4, 0.5) is 4.79 Å². The predicted octanol–water partition coefficient (Wildman–Crippen LogP) is 2.88. The van der Waals surface area contributed by atoms with E-state index in [4.69, 9.17) is 0 Å². The van der Waals surface area contributed by atoms with E-state index in [0.29, 0.717) is 12.1 Å². The van der Waals surface area contributed by atoms with Crippen LogP contribution in [-0.4, -0.2) is 39.3 Å². The third-order valence-electron chi connectivity index (χ3n) is 3.05. The highest BCUT2D eigenvalue weighted by Crippen LogP contribution is 2.23. The Bertz CT molecular complexity index is 670. The number of methoxy groups -OCH3 is 1. The van der Waals surface area contributed by atoms with Gasteiger partial charge in [0.25, 0.3) is 0 Å². The molecule has 0 atom stereocenters. The molecule has 0 heterocycles. The van der Waals surface area contributed by atoms with E-state index in [1.807, 2.05) is 45.0 Å². The van der Waals surface area contributed by atoms with Crippen LogP contribution in [-0.2, 0) is 21.0 Å². The highest BCUT2D eigenvalue weighted by atomic mass is 32.2. The highest BCUT2D eigenvalue weighted by molar-refractivity contribution is 7.90. The molecule has 0 aromatic heterocycles. The van der Waals surface area contributed by atoms with Gasteiger partial charge in [-0.25, -0.2) is 13.2 Å². The largest absolute Gasteiger partial charge is 0.451 e. The number of nitrogens with zero attached hydrogens (tertiary/aromatic N) is 1. The summed E-state index contributed by atoms with van der Waals surface area (Å²) in [5.41, 5.74) is 1.96. The fourth-order valence-corrected chi connectivity index (χ4v) is 2.59. The van der Waals surface area contributed by atoms with Crippen LogP contribution in [0.2, 0.25) is 0 Å². The topological polar surface area (TPSA) is 72.8 Å². The number of amides is 1. The average molecular weight is 325 g/mol. The maximum atomic E-state index is 11.5. The Morgan fingerprint density at radius 1 is 1.27 bits per heavy atom. The van der Waals surface area contributed by atoms with Crippen molar-refractivity contribution in [2.24, 2.45) is 10.4 Å². The lowest BCUT2D eigenvalue weighted by Crippen LogP contribution is -2.23. The minimum absolute atomic E-state index is 0.0927. The maximum Gasteiger partial charge on any atom is 0.433 e. The van der Waals surface area contributed by atoms with Crippen LogP contribution in [0.1, 0.15) is 31.9 Å². The lowest BCUT2D eigenvalue weighted by Gasteiger charge is -2.21. The number of ether oxygens (including phenoxy) is 1. The highest BCUT2D eigenvalue weighted by Gasteiger charge is 2.22. The Morgan fingerprint density at radius 3 is 2.41 bits per heavy atom. The van der Waals surface area contributed by atoms with Crippen LogP contribution in [0, 0.1) is 5.41 Å². The quantitative estimate of drug-likeness (QED) is 0.798. The summed E-state index contributed by atoms with van der Waals surface area (Å²) in [7, 11) is -1.72. The summed E-state index contributed by atoms with van der Waals surface area (Å²) in [5, 5.41) is 0. The SMILES string of the molecule is COC(=O)N=C(c1cccc(CCS(C)(=O)=O)c1)C(C)(C)C. The molecule has 1 aromatic rings. The molecule has 0 spiro atoms. The number of hydrogen-bond donors (Lipinski definition) is 0. The number of sulfone groups is 1. The van der Waals surface area contributed by atoms with Crippen molar-refractivity contribution in [3.05, 3.63) is 35.4 Å². The first-order chi connectivity index (χ1) is 10.0. The van der Waals surface area contributed by atoms with Gasteiger partial charge in [-0.1, -0.05) is 39.0 Å². The Balaban J connectivity index is 3.17. The summed E-state index contributed by atoms with van der Waals surface area (Å²) in [6, 6.07) is 7.44. The molecule has 5 nitrogen and oxygen atoms in total. The first-order valence-corrected chi connectivity index (χ1v) is 9.03. The van der Waals surface area contributed by atoms with Crippen molar-refractivity contribution < 1.29 is 17.9 Å². The molecule has 1 aromatic carbocycles. The molecule has 1 amide bonds. The van der Waals surface area contributed by atoms with Crippen LogP contribution >= 0.6 is 0 Å². The van der Waals surface area contributed by atoms with Gasteiger partial charge in [0.15, 0.2) is 0 Å². The van der Waals surface area contributed by atoms with Crippen LogP contribution < -0.4 is 0 Å². The Hall–Kier alpha value is -1.69. The van der Waals surface area contributed by atoms with E-state index < -0.39 is 15.9 Å². The maximum absolute atomic E-state index is 11.5. The molecule has 0 N–H and O–H groups in total. The van der Waals surface area contributed by atoms with E-state index in [2.05, 4.69) is 9.73 Å². The lowest BCUT2D eigenvalue weighted by molar-refractivity contribution is 0.182. The van der Waals surface area contributed by atoms with Crippen LogP contribution in [0.3, 0.4) is 0 Å². The van der Waals surface area contributed by atoms with E-state index in [-0.39, 0.29) is 11.2 Å². The van der Waals surface area contributed by atoms with Crippen LogP contribution in [0.25, 0.3) is 0 Å². The Kier molecular flexibility index (Phi) is 5.88. The molecule has 0 radical (unpaired) electrons. The molecular formula is C16H23NO4S. The minimum atomic E-state index is -3.01. The third kappa shape index (κ3) is 5.97. The molecule has 22 heavy (non-hydrogen) atoms. The van der Waals surface area contributed by atoms with Gasteiger partial charge in [-0.05, 0) is 23.6 Å². The second-order valence-electron chi connectivity index (χ2n) is 6.26. The molecule has 0 unspecified atom stereocenters. The third-order valence-corrected chi connectivity index (χ3v) is 4.00. The van der Waals surface area contributed by atoms with Crippen LogP contribution in [0.15, 0.2) is 29.3 Å².